The molecule has 2 aromatic carbocycles. The number of hydrogen-bond donors (Lipinski definition) is 1. The van der Waals surface area contributed by atoms with Crippen molar-refractivity contribution in [3.05, 3.63) is 61.2 Å². The number of nitrogens with two attached hydrogens (primary N) is 1. The summed E-state index contributed by atoms with van der Waals surface area (Å²) in [7, 11) is 0.946. The first-order valence-corrected chi connectivity index (χ1v) is 13.0. The molecule has 0 radical (unpaired) electrons. The molecule has 2 unspecified atom stereocenters. The van der Waals surface area contributed by atoms with Gasteiger partial charge in [-0.05, 0) is 48.5 Å². The van der Waals surface area contributed by atoms with E-state index in [4.69, 9.17) is 33.5 Å². The number of nitrogen functional groups attached to an aromatic ring is 1. The van der Waals surface area contributed by atoms with Gasteiger partial charge in [0.15, 0.2) is 11.5 Å². The van der Waals surface area contributed by atoms with E-state index >= 15 is 8.78 Å². The van der Waals surface area contributed by atoms with Gasteiger partial charge in [0.1, 0.15) is 47.2 Å². The number of anilines is 1. The summed E-state index contributed by atoms with van der Waals surface area (Å²) in [6.45, 7) is -2.24. The quantitative estimate of drug-likeness (QED) is 0.181. The number of benzene rings is 2. The van der Waals surface area contributed by atoms with Crippen molar-refractivity contribution in [1.29, 1.82) is 0 Å². The summed E-state index contributed by atoms with van der Waals surface area (Å²) >= 11 is 0. The van der Waals surface area contributed by atoms with E-state index < -0.39 is 46.8 Å². The van der Waals surface area contributed by atoms with E-state index in [1.54, 1.807) is 62.8 Å². The maximum atomic E-state index is 15.0. The van der Waals surface area contributed by atoms with Gasteiger partial charge in [0.25, 0.3) is 5.92 Å². The maximum Gasteiger partial charge on any atom is 0.463 e. The number of hydrogen-bond acceptors (Lipinski definition) is 10. The molecule has 2 atom stereocenters. The topological polar surface area (TPSA) is 125 Å². The Labute approximate surface area is 233 Å². The Morgan fingerprint density at radius 2 is 1.46 bits per heavy atom. The molecule has 11 nitrogen and oxygen atoms in total. The van der Waals surface area contributed by atoms with Gasteiger partial charge in [-0.3, -0.25) is 9.09 Å². The predicted molar refractivity (Wildman–Crippen MR) is 140 cm³/mol. The molecule has 2 N–H and O–H groups in total. The summed E-state index contributed by atoms with van der Waals surface area (Å²) < 4.78 is 84.1. The summed E-state index contributed by atoms with van der Waals surface area (Å²) in [4.78, 5) is 12.1. The largest absolute Gasteiger partial charge is 0.497 e. The molecule has 0 amide bonds. The molecule has 220 valence electrons. The highest BCUT2D eigenvalue weighted by molar-refractivity contribution is 7.42. The van der Waals surface area contributed by atoms with Gasteiger partial charge in [0.2, 0.25) is 6.93 Å². The lowest BCUT2D eigenvalue weighted by molar-refractivity contribution is -0.0976. The predicted octanol–water partition coefficient (Wildman–Crippen LogP) is 5.63. The Bertz CT molecular complexity index is 1350. The molecule has 3 heterocycles. The zero-order valence-electron chi connectivity index (χ0n) is 21.8. The summed E-state index contributed by atoms with van der Waals surface area (Å²) in [5.74, 6) is -0.990. The van der Waals surface area contributed by atoms with Gasteiger partial charge in [-0.25, -0.2) is 32.5 Å². The Hall–Kier alpha value is -3.94. The van der Waals surface area contributed by atoms with Crippen LogP contribution >= 0.6 is 8.60 Å². The van der Waals surface area contributed by atoms with E-state index in [0.29, 0.717) is 34.2 Å². The van der Waals surface area contributed by atoms with E-state index in [9.17, 15) is 8.78 Å². The van der Waals surface area contributed by atoms with Crippen molar-refractivity contribution in [2.45, 2.75) is 24.7 Å². The fourth-order valence-electron chi connectivity index (χ4n) is 3.75. The molecule has 16 heteroatoms. The normalized spacial score (nSPS) is 17.6. The van der Waals surface area contributed by atoms with Crippen molar-refractivity contribution in [3.63, 3.8) is 0 Å². The Morgan fingerprint density at radius 3 is 2.00 bits per heavy atom. The molecule has 41 heavy (non-hydrogen) atoms. The van der Waals surface area contributed by atoms with E-state index in [1.165, 1.54) is 17.2 Å². The highest BCUT2D eigenvalue weighted by Gasteiger charge is 2.52. The molecule has 4 aromatic rings. The number of rotatable bonds is 10. The molecule has 1 aliphatic heterocycles. The van der Waals surface area contributed by atoms with Crippen molar-refractivity contribution >= 4 is 25.6 Å². The number of methoxy groups -OCH3 is 2. The van der Waals surface area contributed by atoms with Crippen LogP contribution in [0.15, 0.2) is 61.2 Å². The average molecular weight is 599 g/mol. The van der Waals surface area contributed by atoms with Crippen LogP contribution in [0.2, 0.25) is 0 Å². The number of alkyl halides is 4. The molecular weight excluding hydrogens is 573 g/mol. The third kappa shape index (κ3) is 7.43. The standard InChI is InChI=1S/C24H24F2N5O6P.CH2F2/c1-32-15-3-7-17(8-4-15)36-38(37-18-9-5-16(33-2)6-10-18)34-12-19-24(25,26)11-20(35-19)31-14-30-21-22(27)28-13-29-23(21)31;2-1-3/h3-10,13-14,19-20H,11-12H2,1-2H3,(H2,27,28,29);1H2. The van der Waals surface area contributed by atoms with Crippen LogP contribution in [0.25, 0.3) is 11.2 Å². The van der Waals surface area contributed by atoms with E-state index in [1.807, 2.05) is 0 Å². The van der Waals surface area contributed by atoms with Gasteiger partial charge in [0.05, 0.1) is 33.6 Å². The number of ether oxygens (including phenoxy) is 3. The number of imidazole rings is 1. The molecular formula is C25H26F4N5O6P. The van der Waals surface area contributed by atoms with Crippen molar-refractivity contribution in [2.24, 2.45) is 0 Å². The number of nitrogens with zero attached hydrogens (tertiary/aromatic N) is 4. The lowest BCUT2D eigenvalue weighted by Gasteiger charge is -2.22. The minimum absolute atomic E-state index is 0.149. The molecule has 0 spiro atoms. The minimum Gasteiger partial charge on any atom is -0.497 e. The van der Waals surface area contributed by atoms with Crippen LogP contribution in [0.5, 0.6) is 23.0 Å². The first kappa shape index (κ1) is 30.0. The van der Waals surface area contributed by atoms with Crippen molar-refractivity contribution < 1.29 is 45.3 Å². The van der Waals surface area contributed by atoms with Crippen LogP contribution < -0.4 is 24.3 Å². The molecule has 5 rings (SSSR count). The summed E-state index contributed by atoms with van der Waals surface area (Å²) in [5, 5.41) is 0. The Morgan fingerprint density at radius 1 is 0.927 bits per heavy atom. The molecule has 0 aliphatic carbocycles. The molecule has 0 saturated carbocycles. The van der Waals surface area contributed by atoms with Crippen molar-refractivity contribution in [1.82, 2.24) is 19.5 Å². The van der Waals surface area contributed by atoms with Crippen LogP contribution in [-0.4, -0.2) is 59.3 Å². The zero-order chi connectivity index (χ0) is 29.4. The number of halogens is 4. The first-order valence-electron chi connectivity index (χ1n) is 11.9. The molecule has 1 saturated heterocycles. The van der Waals surface area contributed by atoms with Crippen molar-refractivity contribution in [3.8, 4) is 23.0 Å². The van der Waals surface area contributed by atoms with Crippen LogP contribution in [0, 0.1) is 0 Å². The van der Waals surface area contributed by atoms with Crippen LogP contribution in [0.3, 0.4) is 0 Å². The minimum atomic E-state index is -3.21. The maximum absolute atomic E-state index is 15.0. The van der Waals surface area contributed by atoms with Gasteiger partial charge >= 0.3 is 8.60 Å². The van der Waals surface area contributed by atoms with E-state index in [0.717, 1.165) is 0 Å². The lowest BCUT2D eigenvalue weighted by atomic mass is 10.2. The zero-order valence-corrected chi connectivity index (χ0v) is 22.7. The van der Waals surface area contributed by atoms with Crippen LogP contribution in [0.4, 0.5) is 23.4 Å². The number of aromatic nitrogens is 4. The third-order valence-corrected chi connectivity index (χ3v) is 6.83. The SMILES string of the molecule is COc1ccc(OP(OCC2OC(n3cnc4c(N)ncnc43)CC2(F)F)Oc2ccc(OC)cc2)cc1.FCF. The van der Waals surface area contributed by atoms with Crippen LogP contribution in [0.1, 0.15) is 12.6 Å². The molecule has 2 aromatic heterocycles. The van der Waals surface area contributed by atoms with Gasteiger partial charge in [-0.2, -0.15) is 0 Å². The Balaban J connectivity index is 0.00000124. The van der Waals surface area contributed by atoms with Crippen LogP contribution in [-0.2, 0) is 9.26 Å². The van der Waals surface area contributed by atoms with Crippen molar-refractivity contribution in [2.75, 3.05) is 33.5 Å². The molecule has 1 aliphatic rings. The lowest BCUT2D eigenvalue weighted by Crippen LogP contribution is -2.32. The molecule has 0 bridgehead atoms. The smallest absolute Gasteiger partial charge is 0.463 e. The van der Waals surface area contributed by atoms with E-state index in [-0.39, 0.29) is 5.82 Å². The van der Waals surface area contributed by atoms with Gasteiger partial charge in [-0.1, -0.05) is 0 Å². The highest BCUT2D eigenvalue weighted by atomic mass is 31.2. The van der Waals surface area contributed by atoms with E-state index in [2.05, 4.69) is 15.0 Å². The summed E-state index contributed by atoms with van der Waals surface area (Å²) in [6.07, 6.45) is -0.620. The first-order chi connectivity index (χ1) is 19.8. The summed E-state index contributed by atoms with van der Waals surface area (Å²) in [6, 6.07) is 13.4. The van der Waals surface area contributed by atoms with Gasteiger partial charge < -0.3 is 29.0 Å². The second-order valence-corrected chi connectivity index (χ2v) is 9.35. The third-order valence-electron chi connectivity index (χ3n) is 5.75. The number of fused-ring (bicyclic) bond motifs is 1. The average Bonchev–Trinajstić information content (AvgIpc) is 3.54. The highest BCUT2D eigenvalue weighted by Crippen LogP contribution is 2.46. The van der Waals surface area contributed by atoms with Gasteiger partial charge in [-0.15, -0.1) is 0 Å². The fourth-order valence-corrected chi connectivity index (χ4v) is 4.74. The summed E-state index contributed by atoms with van der Waals surface area (Å²) in [5.41, 5.74) is 6.42. The Kier molecular flexibility index (Phi) is 9.97. The van der Waals surface area contributed by atoms with Gasteiger partial charge in [0, 0.05) is 0 Å². The monoisotopic (exact) mass is 599 g/mol. The second kappa shape index (κ2) is 13.6. The molecule has 1 fully saturated rings. The second-order valence-electron chi connectivity index (χ2n) is 8.28. The fraction of sp³-hybridized carbons (Fsp3) is 0.320.